The molecule has 3 rings (SSSR count). The van der Waals surface area contributed by atoms with Crippen molar-refractivity contribution in [2.45, 2.75) is 65.6 Å². The number of ether oxygens (including phenoxy) is 1. The quantitative estimate of drug-likeness (QED) is 0.792. The molecule has 1 aromatic carbocycles. The Labute approximate surface area is 166 Å². The van der Waals surface area contributed by atoms with Gasteiger partial charge in [0.1, 0.15) is 17.0 Å². The Hall–Kier alpha value is -2.63. The zero-order chi connectivity index (χ0) is 20.7. The van der Waals surface area contributed by atoms with E-state index >= 15 is 0 Å². The van der Waals surface area contributed by atoms with Crippen LogP contribution in [0.5, 0.6) is 5.75 Å². The molecular formula is C22H29N3O3. The molecule has 0 saturated carbocycles. The minimum atomic E-state index is -0.968. The van der Waals surface area contributed by atoms with Gasteiger partial charge in [-0.15, -0.1) is 0 Å². The van der Waals surface area contributed by atoms with Crippen LogP contribution in [0.2, 0.25) is 0 Å². The average Bonchev–Trinajstić information content (AvgIpc) is 3.04. The molecule has 2 heterocycles. The third-order valence-electron chi connectivity index (χ3n) is 5.43. The largest absolute Gasteiger partial charge is 0.494 e. The summed E-state index contributed by atoms with van der Waals surface area (Å²) < 4.78 is 7.41. The highest BCUT2D eigenvalue weighted by Gasteiger charge is 2.46. The molecule has 6 heteroatoms. The molecule has 1 aliphatic rings. The highest BCUT2D eigenvalue weighted by molar-refractivity contribution is 5.99. The van der Waals surface area contributed by atoms with Gasteiger partial charge in [-0.1, -0.05) is 39.0 Å². The molecule has 6 nitrogen and oxygen atoms in total. The van der Waals surface area contributed by atoms with Crippen LogP contribution in [0.3, 0.4) is 0 Å². The number of nitrogens with zero attached hydrogens (tertiary/aromatic N) is 3. The maximum atomic E-state index is 13.4. The van der Waals surface area contributed by atoms with Crippen LogP contribution in [-0.2, 0) is 23.3 Å². The van der Waals surface area contributed by atoms with Gasteiger partial charge in [0.15, 0.2) is 5.78 Å². The molecule has 1 amide bonds. The topological polar surface area (TPSA) is 64.4 Å². The van der Waals surface area contributed by atoms with Crippen LogP contribution >= 0.6 is 0 Å². The third-order valence-corrected chi connectivity index (χ3v) is 5.43. The number of carbonyl (C=O) groups excluding carboxylic acids is 2. The van der Waals surface area contributed by atoms with Gasteiger partial charge in [0, 0.05) is 11.0 Å². The predicted molar refractivity (Wildman–Crippen MR) is 107 cm³/mol. The van der Waals surface area contributed by atoms with Crippen molar-refractivity contribution in [2.24, 2.45) is 0 Å². The van der Waals surface area contributed by atoms with E-state index in [9.17, 15) is 9.59 Å². The van der Waals surface area contributed by atoms with Gasteiger partial charge in [-0.3, -0.25) is 14.3 Å². The number of fused-ring (bicyclic) bond motifs is 1. The number of para-hydroxylation sites is 1. The Bertz CT molecular complexity index is 910. The first kappa shape index (κ1) is 20.1. The number of rotatable bonds is 5. The van der Waals surface area contributed by atoms with Crippen molar-refractivity contribution >= 4 is 11.7 Å². The maximum absolute atomic E-state index is 13.4. The molecular weight excluding hydrogens is 354 g/mol. The zero-order valence-electron chi connectivity index (χ0n) is 17.6. The number of ketones is 1. The van der Waals surface area contributed by atoms with E-state index in [0.29, 0.717) is 25.4 Å². The summed E-state index contributed by atoms with van der Waals surface area (Å²) in [5.41, 5.74) is 1.11. The highest BCUT2D eigenvalue weighted by Crippen LogP contribution is 2.33. The standard InChI is InChI=1S/C22H29N3O3/c1-7-28-18-11-9-8-10-16(18)13-24-20(27)17-12-19(21(3,4)5)23-25(17)14-22(24,6)15(2)26/h8-12H,7,13-14H2,1-6H3. The number of carbonyl (C=O) groups is 2. The summed E-state index contributed by atoms with van der Waals surface area (Å²) in [4.78, 5) is 27.7. The minimum absolute atomic E-state index is 0.0619. The summed E-state index contributed by atoms with van der Waals surface area (Å²) in [6.07, 6.45) is 0. The summed E-state index contributed by atoms with van der Waals surface area (Å²) in [6, 6.07) is 9.50. The van der Waals surface area contributed by atoms with Crippen LogP contribution in [0.25, 0.3) is 0 Å². The Morgan fingerprint density at radius 1 is 1.29 bits per heavy atom. The monoisotopic (exact) mass is 383 g/mol. The second-order valence-corrected chi connectivity index (χ2v) is 8.58. The number of hydrogen-bond donors (Lipinski definition) is 0. The molecule has 1 unspecified atom stereocenters. The van der Waals surface area contributed by atoms with Crippen molar-refractivity contribution in [3.63, 3.8) is 0 Å². The number of benzene rings is 1. The average molecular weight is 383 g/mol. The molecule has 0 bridgehead atoms. The first-order valence-corrected chi connectivity index (χ1v) is 9.70. The predicted octanol–water partition coefficient (Wildman–Crippen LogP) is 3.58. The molecule has 0 radical (unpaired) electrons. The molecule has 2 aromatic rings. The first-order valence-electron chi connectivity index (χ1n) is 9.70. The Morgan fingerprint density at radius 3 is 2.57 bits per heavy atom. The van der Waals surface area contributed by atoms with Crippen molar-refractivity contribution in [1.82, 2.24) is 14.7 Å². The minimum Gasteiger partial charge on any atom is -0.494 e. The summed E-state index contributed by atoms with van der Waals surface area (Å²) in [5.74, 6) is 0.490. The van der Waals surface area contributed by atoms with Gasteiger partial charge in [-0.2, -0.15) is 5.10 Å². The molecule has 0 saturated heterocycles. The van der Waals surface area contributed by atoms with E-state index in [2.05, 4.69) is 25.9 Å². The lowest BCUT2D eigenvalue weighted by molar-refractivity contribution is -0.128. The number of aromatic nitrogens is 2. The van der Waals surface area contributed by atoms with Crippen molar-refractivity contribution in [1.29, 1.82) is 0 Å². The fourth-order valence-corrected chi connectivity index (χ4v) is 3.46. The van der Waals surface area contributed by atoms with Crippen molar-refractivity contribution < 1.29 is 14.3 Å². The Kier molecular flexibility index (Phi) is 5.08. The third kappa shape index (κ3) is 3.43. The van der Waals surface area contributed by atoms with Crippen molar-refractivity contribution in [3.8, 4) is 5.75 Å². The SMILES string of the molecule is CCOc1ccccc1CN1C(=O)c2cc(C(C)(C)C)nn2CC1(C)C(C)=O. The lowest BCUT2D eigenvalue weighted by atomic mass is 9.90. The van der Waals surface area contributed by atoms with Gasteiger partial charge < -0.3 is 9.64 Å². The van der Waals surface area contributed by atoms with E-state index < -0.39 is 5.54 Å². The molecule has 0 fully saturated rings. The van der Waals surface area contributed by atoms with Gasteiger partial charge >= 0.3 is 0 Å². The number of hydrogen-bond acceptors (Lipinski definition) is 4. The molecule has 0 N–H and O–H groups in total. The molecule has 0 aliphatic carbocycles. The molecule has 1 aromatic heterocycles. The van der Waals surface area contributed by atoms with Crippen LogP contribution < -0.4 is 4.74 Å². The van der Waals surface area contributed by atoms with E-state index in [1.54, 1.807) is 9.58 Å². The van der Waals surface area contributed by atoms with Gasteiger partial charge in [-0.25, -0.2) is 0 Å². The molecule has 150 valence electrons. The Morgan fingerprint density at radius 2 is 1.96 bits per heavy atom. The van der Waals surface area contributed by atoms with E-state index in [1.165, 1.54) is 6.92 Å². The lowest BCUT2D eigenvalue weighted by Crippen LogP contribution is -2.60. The molecule has 1 aliphatic heterocycles. The molecule has 0 spiro atoms. The van der Waals surface area contributed by atoms with Gasteiger partial charge in [0.25, 0.3) is 5.91 Å². The van der Waals surface area contributed by atoms with E-state index in [-0.39, 0.29) is 17.1 Å². The zero-order valence-corrected chi connectivity index (χ0v) is 17.6. The van der Waals surface area contributed by atoms with Crippen LogP contribution in [0.1, 0.15) is 63.3 Å². The summed E-state index contributed by atoms with van der Waals surface area (Å²) >= 11 is 0. The van der Waals surface area contributed by atoms with E-state index in [4.69, 9.17) is 4.74 Å². The summed E-state index contributed by atoms with van der Waals surface area (Å²) in [7, 11) is 0. The second-order valence-electron chi connectivity index (χ2n) is 8.58. The van der Waals surface area contributed by atoms with Crippen LogP contribution in [-0.4, -0.2) is 38.5 Å². The fourth-order valence-electron chi connectivity index (χ4n) is 3.46. The molecule has 1 atom stereocenters. The summed E-state index contributed by atoms with van der Waals surface area (Å²) in [5, 5.41) is 4.63. The highest BCUT2D eigenvalue weighted by atomic mass is 16.5. The number of Topliss-reactive ketones (excluding diaryl/α,β-unsaturated/α-hetero) is 1. The Balaban J connectivity index is 2.05. The smallest absolute Gasteiger partial charge is 0.273 e. The molecule has 28 heavy (non-hydrogen) atoms. The second kappa shape index (κ2) is 7.08. The number of amides is 1. The summed E-state index contributed by atoms with van der Waals surface area (Å²) in [6.45, 7) is 12.7. The van der Waals surface area contributed by atoms with E-state index in [1.807, 2.05) is 44.2 Å². The maximum Gasteiger partial charge on any atom is 0.273 e. The van der Waals surface area contributed by atoms with Gasteiger partial charge in [0.05, 0.1) is 25.4 Å². The van der Waals surface area contributed by atoms with Crippen LogP contribution in [0, 0.1) is 0 Å². The van der Waals surface area contributed by atoms with Crippen molar-refractivity contribution in [3.05, 3.63) is 47.3 Å². The van der Waals surface area contributed by atoms with Crippen LogP contribution in [0.4, 0.5) is 0 Å². The normalized spacial score (nSPS) is 19.5. The van der Waals surface area contributed by atoms with Crippen molar-refractivity contribution in [2.75, 3.05) is 6.61 Å². The fraction of sp³-hybridized carbons (Fsp3) is 0.500. The van der Waals surface area contributed by atoms with Gasteiger partial charge in [0.2, 0.25) is 0 Å². The first-order chi connectivity index (χ1) is 13.1. The lowest BCUT2D eigenvalue weighted by Gasteiger charge is -2.43. The van der Waals surface area contributed by atoms with Crippen LogP contribution in [0.15, 0.2) is 30.3 Å². The van der Waals surface area contributed by atoms with Gasteiger partial charge in [-0.05, 0) is 32.9 Å². The van der Waals surface area contributed by atoms with E-state index in [0.717, 1.165) is 17.0 Å².